The quantitative estimate of drug-likeness (QED) is 0.826. The van der Waals surface area contributed by atoms with Crippen molar-refractivity contribution in [3.63, 3.8) is 0 Å². The Kier molecular flexibility index (Phi) is 5.81. The molecule has 0 aromatic rings. The molecule has 0 bridgehead atoms. The minimum absolute atomic E-state index is 0.238. The van der Waals surface area contributed by atoms with Gasteiger partial charge in [0.15, 0.2) is 0 Å². The van der Waals surface area contributed by atoms with Gasteiger partial charge < -0.3 is 15.5 Å². The Labute approximate surface area is 118 Å². The van der Waals surface area contributed by atoms with E-state index >= 15 is 0 Å². The molecule has 1 saturated heterocycles. The Morgan fingerprint density at radius 2 is 2.00 bits per heavy atom. The van der Waals surface area contributed by atoms with Crippen LogP contribution in [0, 0.1) is 5.41 Å². The largest absolute Gasteiger partial charge is 0.342 e. The van der Waals surface area contributed by atoms with Crippen molar-refractivity contribution in [3.05, 3.63) is 0 Å². The smallest absolute Gasteiger partial charge is 0.230 e. The van der Waals surface area contributed by atoms with Gasteiger partial charge in [-0.15, -0.1) is 0 Å². The molecule has 1 amide bonds. The Balaban J connectivity index is 2.76. The van der Waals surface area contributed by atoms with Gasteiger partial charge in [0.1, 0.15) is 0 Å². The summed E-state index contributed by atoms with van der Waals surface area (Å²) in [5, 5.41) is 0. The SMILES string of the molecule is CCC(CC)(CN)C(=O)N(C)[C@H]1CCN(C)[C@@H](C)C1. The number of nitrogens with zero attached hydrogens (tertiary/aromatic N) is 2. The van der Waals surface area contributed by atoms with Crippen molar-refractivity contribution in [2.24, 2.45) is 11.1 Å². The van der Waals surface area contributed by atoms with Crippen LogP contribution in [0.3, 0.4) is 0 Å². The van der Waals surface area contributed by atoms with Crippen molar-refractivity contribution in [3.8, 4) is 0 Å². The lowest BCUT2D eigenvalue weighted by Crippen LogP contribution is -2.53. The molecule has 0 saturated carbocycles. The molecule has 0 radical (unpaired) electrons. The van der Waals surface area contributed by atoms with E-state index in [-0.39, 0.29) is 11.3 Å². The van der Waals surface area contributed by atoms with Gasteiger partial charge in [0.25, 0.3) is 0 Å². The molecule has 2 atom stereocenters. The number of likely N-dealkylation sites (tertiary alicyclic amines) is 1. The van der Waals surface area contributed by atoms with Crippen molar-refractivity contribution in [1.29, 1.82) is 0 Å². The number of hydrogen-bond donors (Lipinski definition) is 1. The predicted octanol–water partition coefficient (Wildman–Crippen LogP) is 1.69. The molecule has 1 heterocycles. The second-order valence-electron chi connectivity index (χ2n) is 6.12. The second-order valence-corrected chi connectivity index (χ2v) is 6.12. The summed E-state index contributed by atoms with van der Waals surface area (Å²) >= 11 is 0. The number of carbonyl (C=O) groups is 1. The van der Waals surface area contributed by atoms with Crippen molar-refractivity contribution in [1.82, 2.24) is 9.80 Å². The average Bonchev–Trinajstić information content (AvgIpc) is 2.43. The van der Waals surface area contributed by atoms with Gasteiger partial charge >= 0.3 is 0 Å². The van der Waals surface area contributed by atoms with Crippen LogP contribution in [0.15, 0.2) is 0 Å². The van der Waals surface area contributed by atoms with Crippen LogP contribution in [0.4, 0.5) is 0 Å². The molecule has 4 nitrogen and oxygen atoms in total. The molecule has 0 aliphatic carbocycles. The molecule has 112 valence electrons. The summed E-state index contributed by atoms with van der Waals surface area (Å²) in [6.07, 6.45) is 3.78. The van der Waals surface area contributed by atoms with E-state index in [0.717, 1.165) is 32.2 Å². The van der Waals surface area contributed by atoms with Gasteiger partial charge in [-0.05, 0) is 39.7 Å². The van der Waals surface area contributed by atoms with E-state index in [0.29, 0.717) is 18.6 Å². The zero-order chi connectivity index (χ0) is 14.6. The first-order valence-corrected chi connectivity index (χ1v) is 7.59. The third-order valence-electron chi connectivity index (χ3n) is 5.25. The Morgan fingerprint density at radius 1 is 1.42 bits per heavy atom. The summed E-state index contributed by atoms with van der Waals surface area (Å²) in [5.74, 6) is 0.238. The highest BCUT2D eigenvalue weighted by molar-refractivity contribution is 5.83. The van der Waals surface area contributed by atoms with Crippen LogP contribution >= 0.6 is 0 Å². The monoisotopic (exact) mass is 269 g/mol. The second kappa shape index (κ2) is 6.71. The summed E-state index contributed by atoms with van der Waals surface area (Å²) in [5.41, 5.74) is 5.53. The van der Waals surface area contributed by atoms with E-state index in [9.17, 15) is 4.79 Å². The van der Waals surface area contributed by atoms with Gasteiger partial charge in [0, 0.05) is 32.2 Å². The zero-order valence-corrected chi connectivity index (χ0v) is 13.3. The zero-order valence-electron chi connectivity index (χ0n) is 13.3. The van der Waals surface area contributed by atoms with Crippen LogP contribution < -0.4 is 5.73 Å². The number of rotatable bonds is 5. The van der Waals surface area contributed by atoms with Crippen LogP contribution in [0.25, 0.3) is 0 Å². The van der Waals surface area contributed by atoms with E-state index in [1.807, 2.05) is 11.9 Å². The fourth-order valence-corrected chi connectivity index (χ4v) is 3.08. The summed E-state index contributed by atoms with van der Waals surface area (Å²) in [6, 6.07) is 0.909. The fraction of sp³-hybridized carbons (Fsp3) is 0.933. The van der Waals surface area contributed by atoms with Crippen molar-refractivity contribution >= 4 is 5.91 Å². The molecular formula is C15H31N3O. The van der Waals surface area contributed by atoms with Gasteiger partial charge in [-0.1, -0.05) is 13.8 Å². The number of nitrogens with two attached hydrogens (primary N) is 1. The minimum atomic E-state index is -0.360. The Morgan fingerprint density at radius 3 is 2.42 bits per heavy atom. The molecule has 4 heteroatoms. The molecule has 0 spiro atoms. The molecule has 0 aromatic carbocycles. The maximum atomic E-state index is 12.8. The van der Waals surface area contributed by atoms with E-state index in [4.69, 9.17) is 5.73 Å². The molecule has 1 rings (SSSR count). The first-order chi connectivity index (χ1) is 8.91. The van der Waals surface area contributed by atoms with E-state index in [1.165, 1.54) is 0 Å². The van der Waals surface area contributed by atoms with Crippen LogP contribution in [0.5, 0.6) is 0 Å². The third kappa shape index (κ3) is 3.29. The molecule has 0 unspecified atom stereocenters. The summed E-state index contributed by atoms with van der Waals surface area (Å²) in [6.45, 7) is 7.89. The molecule has 1 fully saturated rings. The highest BCUT2D eigenvalue weighted by atomic mass is 16.2. The van der Waals surface area contributed by atoms with Gasteiger partial charge in [-0.2, -0.15) is 0 Å². The lowest BCUT2D eigenvalue weighted by Gasteiger charge is -2.42. The first kappa shape index (κ1) is 16.4. The highest BCUT2D eigenvalue weighted by Crippen LogP contribution is 2.30. The molecule has 0 aromatic heterocycles. The van der Waals surface area contributed by atoms with Crippen LogP contribution in [0.2, 0.25) is 0 Å². The normalized spacial score (nSPS) is 25.4. The topological polar surface area (TPSA) is 49.6 Å². The fourth-order valence-electron chi connectivity index (χ4n) is 3.08. The average molecular weight is 269 g/mol. The molecule has 1 aliphatic heterocycles. The Bertz CT molecular complexity index is 294. The van der Waals surface area contributed by atoms with Crippen LogP contribution in [-0.2, 0) is 4.79 Å². The van der Waals surface area contributed by atoms with Crippen molar-refractivity contribution in [2.75, 3.05) is 27.2 Å². The lowest BCUT2D eigenvalue weighted by atomic mass is 9.80. The maximum Gasteiger partial charge on any atom is 0.230 e. The number of hydrogen-bond acceptors (Lipinski definition) is 3. The van der Waals surface area contributed by atoms with E-state index in [1.54, 1.807) is 0 Å². The highest BCUT2D eigenvalue weighted by Gasteiger charge is 2.38. The maximum absolute atomic E-state index is 12.8. The van der Waals surface area contributed by atoms with Crippen LogP contribution in [-0.4, -0.2) is 55.0 Å². The summed E-state index contributed by atoms with van der Waals surface area (Å²) in [4.78, 5) is 17.1. The van der Waals surface area contributed by atoms with Crippen LogP contribution in [0.1, 0.15) is 46.5 Å². The molecule has 1 aliphatic rings. The van der Waals surface area contributed by atoms with Gasteiger partial charge in [-0.3, -0.25) is 4.79 Å². The third-order valence-corrected chi connectivity index (χ3v) is 5.25. The first-order valence-electron chi connectivity index (χ1n) is 7.59. The standard InChI is InChI=1S/C15H31N3O/c1-6-15(7-2,11-16)14(19)18(5)13-8-9-17(4)12(3)10-13/h12-13H,6-11,16H2,1-5H3/t12-,13-/m0/s1. The number of carbonyl (C=O) groups excluding carboxylic acids is 1. The Hall–Kier alpha value is -0.610. The number of amides is 1. The molecule has 19 heavy (non-hydrogen) atoms. The van der Waals surface area contributed by atoms with E-state index in [2.05, 4.69) is 32.7 Å². The lowest BCUT2D eigenvalue weighted by molar-refractivity contribution is -0.144. The summed E-state index contributed by atoms with van der Waals surface area (Å²) in [7, 11) is 4.12. The van der Waals surface area contributed by atoms with Gasteiger partial charge in [0.2, 0.25) is 5.91 Å². The van der Waals surface area contributed by atoms with Gasteiger partial charge in [-0.25, -0.2) is 0 Å². The van der Waals surface area contributed by atoms with E-state index < -0.39 is 0 Å². The number of piperidine rings is 1. The van der Waals surface area contributed by atoms with Gasteiger partial charge in [0.05, 0.1) is 5.41 Å². The molecule has 2 N–H and O–H groups in total. The minimum Gasteiger partial charge on any atom is -0.342 e. The summed E-state index contributed by atoms with van der Waals surface area (Å²) < 4.78 is 0. The predicted molar refractivity (Wildman–Crippen MR) is 80.0 cm³/mol. The molecular weight excluding hydrogens is 238 g/mol. The van der Waals surface area contributed by atoms with Crippen molar-refractivity contribution in [2.45, 2.75) is 58.5 Å². The van der Waals surface area contributed by atoms with Crippen molar-refractivity contribution < 1.29 is 4.79 Å².